The van der Waals surface area contributed by atoms with Crippen LogP contribution in [0.1, 0.15) is 96.8 Å². The van der Waals surface area contributed by atoms with Crippen molar-refractivity contribution in [3.8, 4) is 0 Å². The summed E-state index contributed by atoms with van der Waals surface area (Å²) in [6.45, 7) is 4.05. The molecule has 0 spiro atoms. The fourth-order valence-electron chi connectivity index (χ4n) is 4.74. The van der Waals surface area contributed by atoms with Gasteiger partial charge in [-0.25, -0.2) is 0 Å². The lowest BCUT2D eigenvalue weighted by atomic mass is 9.79. The first-order chi connectivity index (χ1) is 13.2. The van der Waals surface area contributed by atoms with Gasteiger partial charge in [-0.1, -0.05) is 32.6 Å². The zero-order chi connectivity index (χ0) is 18.9. The van der Waals surface area contributed by atoms with Gasteiger partial charge in [-0.15, -0.1) is 0 Å². The number of ether oxygens (including phenoxy) is 3. The molecule has 4 nitrogen and oxygen atoms in total. The first kappa shape index (κ1) is 21.1. The lowest BCUT2D eigenvalue weighted by Gasteiger charge is -2.31. The van der Waals surface area contributed by atoms with Crippen molar-refractivity contribution in [3.63, 3.8) is 0 Å². The minimum absolute atomic E-state index is 0.0795. The number of esters is 1. The van der Waals surface area contributed by atoms with Crippen LogP contribution in [0.4, 0.5) is 0 Å². The van der Waals surface area contributed by atoms with Crippen LogP contribution in [0, 0.1) is 11.8 Å². The molecule has 4 heteroatoms. The molecule has 2 saturated carbocycles. The van der Waals surface area contributed by atoms with Gasteiger partial charge in [0.2, 0.25) is 0 Å². The average molecular weight is 381 g/mol. The first-order valence-electron chi connectivity index (χ1n) is 11.7. The van der Waals surface area contributed by atoms with E-state index in [1.165, 1.54) is 38.5 Å². The van der Waals surface area contributed by atoms with Crippen LogP contribution in [0.5, 0.6) is 0 Å². The monoisotopic (exact) mass is 380 g/mol. The summed E-state index contributed by atoms with van der Waals surface area (Å²) in [4.78, 5) is 12.5. The number of unbranched alkanes of at least 4 members (excludes halogenated alkanes) is 2. The number of hydrogen-bond acceptors (Lipinski definition) is 4. The standard InChI is InChI=1S/C23H40O4/c1-2-3-4-6-18-8-10-19(11-9-18)23(24)27-21-14-12-20(13-15-21)25-16-5-7-22-17-26-22/h18-22H,2-17H2,1H3. The molecule has 0 N–H and O–H groups in total. The first-order valence-corrected chi connectivity index (χ1v) is 11.7. The van der Waals surface area contributed by atoms with E-state index < -0.39 is 0 Å². The van der Waals surface area contributed by atoms with Crippen LogP contribution in [0.25, 0.3) is 0 Å². The maximum atomic E-state index is 12.5. The quantitative estimate of drug-likeness (QED) is 0.273. The van der Waals surface area contributed by atoms with Gasteiger partial charge in [0.15, 0.2) is 0 Å². The maximum Gasteiger partial charge on any atom is 0.309 e. The predicted molar refractivity (Wildman–Crippen MR) is 107 cm³/mol. The third-order valence-electron chi connectivity index (χ3n) is 6.73. The van der Waals surface area contributed by atoms with Gasteiger partial charge in [-0.05, 0) is 70.1 Å². The van der Waals surface area contributed by atoms with Crippen molar-refractivity contribution >= 4 is 5.97 Å². The van der Waals surface area contributed by atoms with Crippen LogP contribution in [0.15, 0.2) is 0 Å². The SMILES string of the molecule is CCCCCC1CCC(C(=O)OC2CCC(OCCCC3CO3)CC2)CC1. The second-order valence-corrected chi connectivity index (χ2v) is 9.02. The highest BCUT2D eigenvalue weighted by Gasteiger charge is 2.30. The van der Waals surface area contributed by atoms with Crippen LogP contribution in [-0.4, -0.2) is 37.5 Å². The summed E-state index contributed by atoms with van der Waals surface area (Å²) >= 11 is 0. The minimum Gasteiger partial charge on any atom is -0.462 e. The minimum atomic E-state index is 0.0795. The van der Waals surface area contributed by atoms with E-state index >= 15 is 0 Å². The van der Waals surface area contributed by atoms with Gasteiger partial charge < -0.3 is 14.2 Å². The third kappa shape index (κ3) is 7.73. The van der Waals surface area contributed by atoms with E-state index in [-0.39, 0.29) is 18.0 Å². The van der Waals surface area contributed by atoms with E-state index in [2.05, 4.69) is 6.92 Å². The molecule has 27 heavy (non-hydrogen) atoms. The Labute approximate surface area is 165 Å². The fourth-order valence-corrected chi connectivity index (χ4v) is 4.74. The fraction of sp³-hybridized carbons (Fsp3) is 0.957. The largest absolute Gasteiger partial charge is 0.462 e. The molecule has 3 aliphatic rings. The number of epoxide rings is 1. The van der Waals surface area contributed by atoms with E-state index in [4.69, 9.17) is 14.2 Å². The average Bonchev–Trinajstić information content (AvgIpc) is 3.52. The molecular weight excluding hydrogens is 340 g/mol. The second kappa shape index (κ2) is 11.4. The van der Waals surface area contributed by atoms with Crippen molar-refractivity contribution in [2.24, 2.45) is 11.8 Å². The van der Waals surface area contributed by atoms with Crippen molar-refractivity contribution in [3.05, 3.63) is 0 Å². The van der Waals surface area contributed by atoms with Crippen LogP contribution in [0.2, 0.25) is 0 Å². The molecule has 1 heterocycles. The Hall–Kier alpha value is -0.610. The molecule has 1 aliphatic heterocycles. The van der Waals surface area contributed by atoms with Crippen molar-refractivity contribution in [1.29, 1.82) is 0 Å². The highest BCUT2D eigenvalue weighted by Crippen LogP contribution is 2.34. The van der Waals surface area contributed by atoms with E-state index in [1.807, 2.05) is 0 Å². The Balaban J connectivity index is 1.24. The molecule has 156 valence electrons. The molecule has 1 unspecified atom stereocenters. The Morgan fingerprint density at radius 3 is 2.26 bits per heavy atom. The lowest BCUT2D eigenvalue weighted by molar-refractivity contribution is -0.158. The Bertz CT molecular complexity index is 418. The Kier molecular flexibility index (Phi) is 8.92. The summed E-state index contributed by atoms with van der Waals surface area (Å²) in [6, 6.07) is 0. The van der Waals surface area contributed by atoms with E-state index in [0.29, 0.717) is 12.2 Å². The van der Waals surface area contributed by atoms with Crippen LogP contribution in [-0.2, 0) is 19.0 Å². The molecule has 2 aliphatic carbocycles. The topological polar surface area (TPSA) is 48.1 Å². The van der Waals surface area contributed by atoms with E-state index in [9.17, 15) is 4.79 Å². The number of rotatable bonds is 11. The van der Waals surface area contributed by atoms with Gasteiger partial charge in [0.25, 0.3) is 0 Å². The zero-order valence-corrected chi connectivity index (χ0v) is 17.3. The summed E-state index contributed by atoms with van der Waals surface area (Å²) in [7, 11) is 0. The highest BCUT2D eigenvalue weighted by molar-refractivity contribution is 5.72. The maximum absolute atomic E-state index is 12.5. The molecule has 0 aromatic heterocycles. The number of carbonyl (C=O) groups is 1. The number of hydrogen-bond donors (Lipinski definition) is 0. The summed E-state index contributed by atoms with van der Waals surface area (Å²) < 4.78 is 17.1. The van der Waals surface area contributed by atoms with Crippen molar-refractivity contribution in [2.45, 2.75) is 115 Å². The number of carbonyl (C=O) groups excluding carboxylic acids is 1. The summed E-state index contributed by atoms with van der Waals surface area (Å²) in [6.07, 6.45) is 17.1. The van der Waals surface area contributed by atoms with E-state index in [1.54, 1.807) is 0 Å². The molecule has 0 bridgehead atoms. The predicted octanol–water partition coefficient (Wildman–Crippen LogP) is 5.42. The van der Waals surface area contributed by atoms with Gasteiger partial charge in [-0.2, -0.15) is 0 Å². The molecule has 0 radical (unpaired) electrons. The van der Waals surface area contributed by atoms with Gasteiger partial charge in [0.1, 0.15) is 6.10 Å². The van der Waals surface area contributed by atoms with Crippen molar-refractivity contribution in [2.75, 3.05) is 13.2 Å². The molecule has 3 rings (SSSR count). The normalized spacial score (nSPS) is 33.6. The second-order valence-electron chi connectivity index (χ2n) is 9.02. The smallest absolute Gasteiger partial charge is 0.309 e. The third-order valence-corrected chi connectivity index (χ3v) is 6.73. The highest BCUT2D eigenvalue weighted by atomic mass is 16.6. The van der Waals surface area contributed by atoms with Crippen LogP contribution < -0.4 is 0 Å². The van der Waals surface area contributed by atoms with Crippen molar-refractivity contribution in [1.82, 2.24) is 0 Å². The van der Waals surface area contributed by atoms with Gasteiger partial charge in [0.05, 0.1) is 24.7 Å². The molecular formula is C23H40O4. The Morgan fingerprint density at radius 2 is 1.59 bits per heavy atom. The molecule has 1 atom stereocenters. The van der Waals surface area contributed by atoms with Gasteiger partial charge in [0, 0.05) is 6.61 Å². The lowest BCUT2D eigenvalue weighted by Crippen LogP contribution is -2.32. The molecule has 0 amide bonds. The van der Waals surface area contributed by atoms with Crippen LogP contribution >= 0.6 is 0 Å². The summed E-state index contributed by atoms with van der Waals surface area (Å²) in [5.41, 5.74) is 0. The zero-order valence-electron chi connectivity index (χ0n) is 17.3. The Morgan fingerprint density at radius 1 is 0.889 bits per heavy atom. The van der Waals surface area contributed by atoms with Gasteiger partial charge >= 0.3 is 5.97 Å². The molecule has 3 fully saturated rings. The van der Waals surface area contributed by atoms with E-state index in [0.717, 1.165) is 70.5 Å². The molecule has 0 aromatic rings. The summed E-state index contributed by atoms with van der Waals surface area (Å²) in [5, 5.41) is 0. The van der Waals surface area contributed by atoms with Crippen LogP contribution in [0.3, 0.4) is 0 Å². The molecule has 1 saturated heterocycles. The molecule has 0 aromatic carbocycles. The summed E-state index contributed by atoms with van der Waals surface area (Å²) in [5.74, 6) is 1.08. The van der Waals surface area contributed by atoms with Crippen molar-refractivity contribution < 1.29 is 19.0 Å². The van der Waals surface area contributed by atoms with Gasteiger partial charge in [-0.3, -0.25) is 4.79 Å².